The number of nitrogens with two attached hydrogens (primary N) is 1. The van der Waals surface area contributed by atoms with Crippen LogP contribution in [0.2, 0.25) is 0 Å². The largest absolute Gasteiger partial charge is 0.305 e. The third kappa shape index (κ3) is 2.86. The Labute approximate surface area is 102 Å². The Morgan fingerprint density at radius 3 is 2.35 bits per heavy atom. The van der Waals surface area contributed by atoms with Gasteiger partial charge in [-0.2, -0.15) is 8.42 Å². The van der Waals surface area contributed by atoms with Crippen LogP contribution in [0.25, 0.3) is 0 Å². The molecule has 94 valence electrons. The van der Waals surface area contributed by atoms with Crippen molar-refractivity contribution < 1.29 is 12.6 Å². The highest BCUT2D eigenvalue weighted by atomic mass is 32.2. The number of hydrogen-bond donors (Lipinski definition) is 1. The first-order chi connectivity index (χ1) is 7.99. The summed E-state index contributed by atoms with van der Waals surface area (Å²) in [4.78, 5) is 0.165. The van der Waals surface area contributed by atoms with Crippen molar-refractivity contribution in [3.8, 4) is 0 Å². The van der Waals surface area contributed by atoms with Gasteiger partial charge in [0.1, 0.15) is 6.23 Å². The first kappa shape index (κ1) is 12.5. The van der Waals surface area contributed by atoms with Crippen LogP contribution in [0.4, 0.5) is 0 Å². The third-order valence-corrected chi connectivity index (χ3v) is 4.49. The molecule has 0 aliphatic heterocycles. The molecule has 5 heteroatoms. The van der Waals surface area contributed by atoms with Crippen molar-refractivity contribution in [3.63, 3.8) is 0 Å². The minimum atomic E-state index is -3.72. The molecule has 0 radical (unpaired) electrons. The Morgan fingerprint density at radius 2 is 1.88 bits per heavy atom. The fraction of sp³-hybridized carbons (Fsp3) is 0.500. The number of rotatable bonds is 4. The van der Waals surface area contributed by atoms with Gasteiger partial charge in [0.25, 0.3) is 10.1 Å². The van der Waals surface area contributed by atoms with Crippen molar-refractivity contribution in [2.45, 2.75) is 37.3 Å². The number of aryl methyl sites for hydroxylation is 1. The van der Waals surface area contributed by atoms with Crippen LogP contribution in [0.5, 0.6) is 0 Å². The Bertz CT molecular complexity index is 477. The average molecular weight is 255 g/mol. The zero-order valence-electron chi connectivity index (χ0n) is 9.80. The second-order valence-electron chi connectivity index (χ2n) is 4.52. The van der Waals surface area contributed by atoms with Crippen molar-refractivity contribution >= 4 is 10.1 Å². The highest BCUT2D eigenvalue weighted by Crippen LogP contribution is 2.30. The van der Waals surface area contributed by atoms with Gasteiger partial charge in [0.15, 0.2) is 0 Å². The lowest BCUT2D eigenvalue weighted by Gasteiger charge is -2.30. The number of hydrogen-bond acceptors (Lipinski definition) is 4. The van der Waals surface area contributed by atoms with Gasteiger partial charge in [-0.1, -0.05) is 24.1 Å². The van der Waals surface area contributed by atoms with E-state index in [0.29, 0.717) is 0 Å². The van der Waals surface area contributed by atoms with E-state index >= 15 is 0 Å². The van der Waals surface area contributed by atoms with Gasteiger partial charge < -0.3 is 5.73 Å². The quantitative estimate of drug-likeness (QED) is 0.657. The topological polar surface area (TPSA) is 69.4 Å². The molecular weight excluding hydrogens is 238 g/mol. The molecule has 1 atom stereocenters. The van der Waals surface area contributed by atoms with E-state index in [2.05, 4.69) is 0 Å². The summed E-state index contributed by atoms with van der Waals surface area (Å²) < 4.78 is 28.8. The molecule has 1 aromatic rings. The minimum Gasteiger partial charge on any atom is -0.305 e. The maximum atomic E-state index is 11.9. The molecule has 0 heterocycles. The van der Waals surface area contributed by atoms with E-state index < -0.39 is 16.3 Å². The molecule has 2 rings (SSSR count). The van der Waals surface area contributed by atoms with E-state index in [0.717, 1.165) is 24.8 Å². The van der Waals surface area contributed by atoms with Crippen molar-refractivity contribution in [2.24, 2.45) is 11.7 Å². The van der Waals surface area contributed by atoms with Crippen LogP contribution in [0.3, 0.4) is 0 Å². The van der Waals surface area contributed by atoms with Crippen molar-refractivity contribution in [1.82, 2.24) is 0 Å². The summed E-state index contributed by atoms with van der Waals surface area (Å²) in [6.07, 6.45) is 2.29. The summed E-state index contributed by atoms with van der Waals surface area (Å²) in [7, 11) is -3.72. The second-order valence-corrected chi connectivity index (χ2v) is 6.09. The van der Waals surface area contributed by atoms with Gasteiger partial charge in [-0.3, -0.25) is 0 Å². The second kappa shape index (κ2) is 4.76. The molecule has 0 bridgehead atoms. The average Bonchev–Trinajstić information content (AvgIpc) is 2.14. The molecule has 0 saturated heterocycles. The predicted octanol–water partition coefficient (Wildman–Crippen LogP) is 1.79. The summed E-state index contributed by atoms with van der Waals surface area (Å²) in [6, 6.07) is 6.56. The lowest BCUT2D eigenvalue weighted by molar-refractivity contribution is 0.0951. The third-order valence-electron chi connectivity index (χ3n) is 3.16. The van der Waals surface area contributed by atoms with Gasteiger partial charge in [0.2, 0.25) is 0 Å². The standard InChI is InChI=1S/C12H17NO3S/c1-9-5-7-11(8-6-9)17(14,15)16-12(13)10-3-2-4-10/h5-8,10,12H,2-4,13H2,1H3. The molecule has 4 nitrogen and oxygen atoms in total. The molecule has 0 aromatic heterocycles. The van der Waals surface area contributed by atoms with Crippen molar-refractivity contribution in [1.29, 1.82) is 0 Å². The highest BCUT2D eigenvalue weighted by Gasteiger charge is 2.29. The Kier molecular flexibility index (Phi) is 3.51. The van der Waals surface area contributed by atoms with Crippen molar-refractivity contribution in [3.05, 3.63) is 29.8 Å². The van der Waals surface area contributed by atoms with E-state index in [1.54, 1.807) is 12.1 Å². The van der Waals surface area contributed by atoms with Crippen LogP contribution in [0, 0.1) is 12.8 Å². The van der Waals surface area contributed by atoms with Crippen LogP contribution < -0.4 is 5.73 Å². The van der Waals surface area contributed by atoms with Gasteiger partial charge in [-0.05, 0) is 37.8 Å². The van der Waals surface area contributed by atoms with E-state index in [4.69, 9.17) is 9.92 Å². The molecule has 1 aliphatic rings. The molecule has 17 heavy (non-hydrogen) atoms. The van der Waals surface area contributed by atoms with E-state index in [9.17, 15) is 8.42 Å². The fourth-order valence-corrected chi connectivity index (χ4v) is 2.78. The summed E-state index contributed by atoms with van der Waals surface area (Å²) in [5.41, 5.74) is 6.74. The van der Waals surface area contributed by atoms with Crippen LogP contribution in [0.15, 0.2) is 29.2 Å². The Hall–Kier alpha value is -0.910. The molecule has 1 fully saturated rings. The maximum absolute atomic E-state index is 11.9. The van der Waals surface area contributed by atoms with Crippen LogP contribution in [0.1, 0.15) is 24.8 Å². The normalized spacial score (nSPS) is 18.7. The zero-order chi connectivity index (χ0) is 12.5. The maximum Gasteiger partial charge on any atom is 0.298 e. The van der Waals surface area contributed by atoms with Crippen LogP contribution in [-0.2, 0) is 14.3 Å². The fourth-order valence-electron chi connectivity index (χ4n) is 1.75. The molecule has 0 amide bonds. The summed E-state index contributed by atoms with van der Waals surface area (Å²) in [6.45, 7) is 1.90. The Morgan fingerprint density at radius 1 is 1.29 bits per heavy atom. The van der Waals surface area contributed by atoms with E-state index in [1.165, 1.54) is 12.1 Å². The smallest absolute Gasteiger partial charge is 0.298 e. The van der Waals surface area contributed by atoms with Gasteiger partial charge in [0, 0.05) is 0 Å². The first-order valence-electron chi connectivity index (χ1n) is 5.74. The lowest BCUT2D eigenvalue weighted by Crippen LogP contribution is -2.38. The Balaban J connectivity index is 2.10. The van der Waals surface area contributed by atoms with E-state index in [1.807, 2.05) is 6.92 Å². The highest BCUT2D eigenvalue weighted by molar-refractivity contribution is 7.86. The lowest BCUT2D eigenvalue weighted by atomic mass is 9.84. The monoisotopic (exact) mass is 255 g/mol. The molecule has 1 unspecified atom stereocenters. The van der Waals surface area contributed by atoms with Gasteiger partial charge in [0.05, 0.1) is 4.90 Å². The van der Waals surface area contributed by atoms with Gasteiger partial charge >= 0.3 is 0 Å². The van der Waals surface area contributed by atoms with Gasteiger partial charge in [-0.15, -0.1) is 0 Å². The first-order valence-corrected chi connectivity index (χ1v) is 7.15. The predicted molar refractivity (Wildman–Crippen MR) is 64.8 cm³/mol. The molecule has 1 saturated carbocycles. The van der Waals surface area contributed by atoms with Crippen LogP contribution in [-0.4, -0.2) is 14.6 Å². The zero-order valence-corrected chi connectivity index (χ0v) is 10.6. The SMILES string of the molecule is Cc1ccc(S(=O)(=O)OC(N)C2CCC2)cc1. The molecule has 0 spiro atoms. The summed E-state index contributed by atoms with van der Waals surface area (Å²) in [5.74, 6) is 0.176. The van der Waals surface area contributed by atoms with Gasteiger partial charge in [-0.25, -0.2) is 4.18 Å². The van der Waals surface area contributed by atoms with Crippen molar-refractivity contribution in [2.75, 3.05) is 0 Å². The van der Waals surface area contributed by atoms with E-state index in [-0.39, 0.29) is 10.8 Å². The summed E-state index contributed by atoms with van der Waals surface area (Å²) >= 11 is 0. The molecule has 1 aliphatic carbocycles. The van der Waals surface area contributed by atoms with Crippen LogP contribution >= 0.6 is 0 Å². The minimum absolute atomic E-state index is 0.165. The molecule has 1 aromatic carbocycles. The number of benzene rings is 1. The molecular formula is C12H17NO3S. The molecule has 2 N–H and O–H groups in total. The summed E-state index contributed by atoms with van der Waals surface area (Å²) in [5, 5.41) is 0.